The molecule has 142 valence electrons. The predicted molar refractivity (Wildman–Crippen MR) is 112 cm³/mol. The molecule has 0 fully saturated rings. The topological polar surface area (TPSA) is 45.2 Å². The Morgan fingerprint density at radius 1 is 1.00 bits per heavy atom. The number of nitrogens with one attached hydrogen (secondary N) is 1. The zero-order valence-electron chi connectivity index (χ0n) is 16.0. The van der Waals surface area contributed by atoms with Crippen LogP contribution in [0.4, 0.5) is 5.82 Å². The summed E-state index contributed by atoms with van der Waals surface area (Å²) in [4.78, 5) is 19.2. The van der Waals surface area contributed by atoms with Gasteiger partial charge in [-0.05, 0) is 48.1 Å². The molecule has 0 spiro atoms. The molecular weight excluding hydrogens is 346 g/mol. The van der Waals surface area contributed by atoms with Crippen molar-refractivity contribution >= 4 is 11.7 Å². The number of aryl methyl sites for hydroxylation is 1. The smallest absolute Gasteiger partial charge is 0.254 e. The van der Waals surface area contributed by atoms with Gasteiger partial charge < -0.3 is 10.2 Å². The summed E-state index contributed by atoms with van der Waals surface area (Å²) >= 11 is 0. The van der Waals surface area contributed by atoms with Crippen LogP contribution in [-0.4, -0.2) is 28.9 Å². The summed E-state index contributed by atoms with van der Waals surface area (Å²) in [6.45, 7) is 2.27. The molecular formula is C24H25N3O. The van der Waals surface area contributed by atoms with E-state index in [0.717, 1.165) is 38.2 Å². The highest BCUT2D eigenvalue weighted by atomic mass is 16.2. The van der Waals surface area contributed by atoms with Crippen LogP contribution >= 0.6 is 0 Å². The first-order valence-electron chi connectivity index (χ1n) is 9.89. The first kappa shape index (κ1) is 18.2. The van der Waals surface area contributed by atoms with Gasteiger partial charge in [0.15, 0.2) is 0 Å². The van der Waals surface area contributed by atoms with E-state index in [4.69, 9.17) is 0 Å². The molecule has 0 atom stereocenters. The maximum atomic E-state index is 12.9. The van der Waals surface area contributed by atoms with Crippen LogP contribution in [0.25, 0.3) is 0 Å². The van der Waals surface area contributed by atoms with Gasteiger partial charge in [0.2, 0.25) is 0 Å². The predicted octanol–water partition coefficient (Wildman–Crippen LogP) is 4.32. The monoisotopic (exact) mass is 371 g/mol. The van der Waals surface area contributed by atoms with Gasteiger partial charge in [-0.1, -0.05) is 54.6 Å². The van der Waals surface area contributed by atoms with E-state index in [1.165, 1.54) is 16.7 Å². The molecule has 0 saturated heterocycles. The van der Waals surface area contributed by atoms with Crippen molar-refractivity contribution in [1.82, 2.24) is 9.88 Å². The molecule has 0 saturated carbocycles. The number of rotatable bonds is 6. The average molecular weight is 371 g/mol. The number of nitrogens with zero attached hydrogens (tertiary/aromatic N) is 2. The zero-order valence-corrected chi connectivity index (χ0v) is 16.0. The van der Waals surface area contributed by atoms with Crippen molar-refractivity contribution in [3.05, 3.63) is 95.2 Å². The molecule has 1 aliphatic heterocycles. The molecule has 0 radical (unpaired) electrons. The number of amides is 1. The summed E-state index contributed by atoms with van der Waals surface area (Å²) in [7, 11) is 0. The molecule has 3 aromatic rings. The first-order valence-corrected chi connectivity index (χ1v) is 9.89. The Hall–Kier alpha value is -3.14. The molecule has 0 bridgehead atoms. The average Bonchev–Trinajstić information content (AvgIpc) is 2.77. The van der Waals surface area contributed by atoms with Gasteiger partial charge in [-0.15, -0.1) is 0 Å². The van der Waals surface area contributed by atoms with E-state index in [0.29, 0.717) is 12.1 Å². The maximum absolute atomic E-state index is 12.9. The number of fused-ring (bicyclic) bond motifs is 1. The van der Waals surface area contributed by atoms with E-state index in [9.17, 15) is 4.79 Å². The Labute approximate surface area is 166 Å². The molecule has 1 aromatic heterocycles. The number of hydrogen-bond donors (Lipinski definition) is 1. The number of pyridine rings is 1. The molecule has 2 aromatic carbocycles. The number of hydrogen-bond acceptors (Lipinski definition) is 3. The van der Waals surface area contributed by atoms with Crippen LogP contribution in [0.1, 0.15) is 33.5 Å². The van der Waals surface area contributed by atoms with E-state index in [1.807, 2.05) is 23.1 Å². The van der Waals surface area contributed by atoms with Crippen LogP contribution in [-0.2, 0) is 19.4 Å². The molecule has 4 rings (SSSR count). The van der Waals surface area contributed by atoms with Gasteiger partial charge in [-0.3, -0.25) is 4.79 Å². The maximum Gasteiger partial charge on any atom is 0.254 e. The Kier molecular flexibility index (Phi) is 5.66. The van der Waals surface area contributed by atoms with Crippen LogP contribution in [0.15, 0.2) is 72.9 Å². The van der Waals surface area contributed by atoms with Crippen LogP contribution < -0.4 is 5.32 Å². The molecule has 4 heteroatoms. The number of benzene rings is 2. The summed E-state index contributed by atoms with van der Waals surface area (Å²) in [6, 6.07) is 22.5. The lowest BCUT2D eigenvalue weighted by Crippen LogP contribution is -2.36. The van der Waals surface area contributed by atoms with E-state index in [-0.39, 0.29) is 5.91 Å². The molecule has 1 N–H and O–H groups in total. The van der Waals surface area contributed by atoms with Gasteiger partial charge in [0.1, 0.15) is 5.82 Å². The highest BCUT2D eigenvalue weighted by Gasteiger charge is 2.21. The second-order valence-electron chi connectivity index (χ2n) is 7.19. The minimum atomic E-state index is 0.0734. The molecule has 28 heavy (non-hydrogen) atoms. The van der Waals surface area contributed by atoms with Crippen molar-refractivity contribution < 1.29 is 4.79 Å². The third-order valence-electron chi connectivity index (χ3n) is 5.22. The Balaban J connectivity index is 1.34. The number of anilines is 1. The van der Waals surface area contributed by atoms with Gasteiger partial charge in [-0.2, -0.15) is 0 Å². The minimum Gasteiger partial charge on any atom is -0.370 e. The summed E-state index contributed by atoms with van der Waals surface area (Å²) in [5.41, 5.74) is 4.63. The van der Waals surface area contributed by atoms with E-state index in [2.05, 4.69) is 52.8 Å². The van der Waals surface area contributed by atoms with Gasteiger partial charge in [-0.25, -0.2) is 4.98 Å². The van der Waals surface area contributed by atoms with Gasteiger partial charge in [0, 0.05) is 31.4 Å². The quantitative estimate of drug-likeness (QED) is 0.656. The van der Waals surface area contributed by atoms with Crippen molar-refractivity contribution in [3.8, 4) is 0 Å². The van der Waals surface area contributed by atoms with E-state index in [1.54, 1.807) is 12.3 Å². The largest absolute Gasteiger partial charge is 0.370 e. The Morgan fingerprint density at radius 2 is 1.79 bits per heavy atom. The van der Waals surface area contributed by atoms with Crippen molar-refractivity contribution in [3.63, 3.8) is 0 Å². The fourth-order valence-electron chi connectivity index (χ4n) is 3.67. The molecule has 1 aliphatic rings. The van der Waals surface area contributed by atoms with E-state index >= 15 is 0 Å². The van der Waals surface area contributed by atoms with Crippen molar-refractivity contribution in [1.29, 1.82) is 0 Å². The molecule has 1 amide bonds. The minimum absolute atomic E-state index is 0.0734. The van der Waals surface area contributed by atoms with Crippen molar-refractivity contribution in [2.75, 3.05) is 18.4 Å². The summed E-state index contributed by atoms with van der Waals surface area (Å²) in [5, 5.41) is 3.35. The van der Waals surface area contributed by atoms with Gasteiger partial charge >= 0.3 is 0 Å². The summed E-state index contributed by atoms with van der Waals surface area (Å²) < 4.78 is 0. The fraction of sp³-hybridized carbons (Fsp3) is 0.250. The van der Waals surface area contributed by atoms with Crippen molar-refractivity contribution in [2.45, 2.75) is 25.8 Å². The highest BCUT2D eigenvalue weighted by Crippen LogP contribution is 2.20. The van der Waals surface area contributed by atoms with Crippen LogP contribution in [0.3, 0.4) is 0 Å². The fourth-order valence-corrected chi connectivity index (χ4v) is 3.67. The number of carbonyl (C=O) groups is 1. The normalized spacial score (nSPS) is 13.1. The lowest BCUT2D eigenvalue weighted by molar-refractivity contribution is 0.0734. The van der Waals surface area contributed by atoms with Crippen LogP contribution in [0.5, 0.6) is 0 Å². The zero-order chi connectivity index (χ0) is 19.2. The standard InChI is InChI=1S/C24H25N3O/c28-24(27-16-13-20-10-4-5-11-22(20)18-27)21-12-15-26-23(17-21)25-14-6-9-19-7-2-1-3-8-19/h1-5,7-8,10-12,15,17H,6,9,13-14,16,18H2,(H,25,26). The number of carbonyl (C=O) groups excluding carboxylic acids is 1. The van der Waals surface area contributed by atoms with Gasteiger partial charge in [0.25, 0.3) is 5.91 Å². The summed E-state index contributed by atoms with van der Waals surface area (Å²) in [6.07, 6.45) is 4.68. The lowest BCUT2D eigenvalue weighted by atomic mass is 9.99. The first-order chi connectivity index (χ1) is 13.8. The SMILES string of the molecule is O=C(c1ccnc(NCCCc2ccccc2)c1)N1CCc2ccccc2C1. The molecule has 0 unspecified atom stereocenters. The molecule has 2 heterocycles. The molecule has 0 aliphatic carbocycles. The second kappa shape index (κ2) is 8.70. The second-order valence-corrected chi connectivity index (χ2v) is 7.19. The highest BCUT2D eigenvalue weighted by molar-refractivity contribution is 5.95. The third-order valence-corrected chi connectivity index (χ3v) is 5.22. The van der Waals surface area contributed by atoms with Gasteiger partial charge in [0.05, 0.1) is 0 Å². The van der Waals surface area contributed by atoms with E-state index < -0.39 is 0 Å². The lowest BCUT2D eigenvalue weighted by Gasteiger charge is -2.29. The Bertz CT molecular complexity index is 939. The number of aromatic nitrogens is 1. The summed E-state index contributed by atoms with van der Waals surface area (Å²) in [5.74, 6) is 0.834. The van der Waals surface area contributed by atoms with Crippen molar-refractivity contribution in [2.24, 2.45) is 0 Å². The Morgan fingerprint density at radius 3 is 2.64 bits per heavy atom. The van der Waals surface area contributed by atoms with Crippen LogP contribution in [0.2, 0.25) is 0 Å². The van der Waals surface area contributed by atoms with Crippen LogP contribution in [0, 0.1) is 0 Å². The third kappa shape index (κ3) is 4.39. The molecule has 4 nitrogen and oxygen atoms in total.